The molecule has 8 nitrogen and oxygen atoms in total. The number of aromatic nitrogens is 1. The average Bonchev–Trinajstić information content (AvgIpc) is 2.67. The summed E-state index contributed by atoms with van der Waals surface area (Å²) in [6.45, 7) is 1.66. The fourth-order valence-corrected chi connectivity index (χ4v) is 2.84. The van der Waals surface area contributed by atoms with Crippen LogP contribution in [-0.2, 0) is 9.84 Å². The zero-order chi connectivity index (χ0) is 14.9. The lowest BCUT2D eigenvalue weighted by Crippen LogP contribution is -2.25. The van der Waals surface area contributed by atoms with Gasteiger partial charge in [0.1, 0.15) is 9.84 Å². The van der Waals surface area contributed by atoms with Gasteiger partial charge in [-0.1, -0.05) is 6.07 Å². The minimum atomic E-state index is -3.14. The standard InChI is InChI=1S/C11H13N3O5S/c1-7(6-20(2,17)18)12-11-13-10-8(14(15)16)4-3-5-9(10)19-11/h3-5,7H,6H2,1-2H3,(H,12,13). The Morgan fingerprint density at radius 2 is 2.20 bits per heavy atom. The molecule has 108 valence electrons. The molecule has 1 unspecified atom stereocenters. The molecule has 20 heavy (non-hydrogen) atoms. The second-order valence-corrected chi connectivity index (χ2v) is 6.72. The summed E-state index contributed by atoms with van der Waals surface area (Å²) in [7, 11) is -3.14. The summed E-state index contributed by atoms with van der Waals surface area (Å²) in [6, 6.07) is 4.02. The van der Waals surface area contributed by atoms with Crippen LogP contribution in [0.1, 0.15) is 6.92 Å². The Hall–Kier alpha value is -2.16. The van der Waals surface area contributed by atoms with Gasteiger partial charge < -0.3 is 9.73 Å². The van der Waals surface area contributed by atoms with E-state index in [-0.39, 0.29) is 28.6 Å². The van der Waals surface area contributed by atoms with Crippen LogP contribution in [0.3, 0.4) is 0 Å². The monoisotopic (exact) mass is 299 g/mol. The van der Waals surface area contributed by atoms with Crippen LogP contribution in [0.5, 0.6) is 0 Å². The first-order valence-electron chi connectivity index (χ1n) is 5.74. The van der Waals surface area contributed by atoms with Crippen molar-refractivity contribution in [3.05, 3.63) is 28.3 Å². The minimum absolute atomic E-state index is 0.0606. The first-order valence-corrected chi connectivity index (χ1v) is 7.80. The largest absolute Gasteiger partial charge is 0.423 e. The molecule has 0 saturated carbocycles. The van der Waals surface area contributed by atoms with E-state index in [2.05, 4.69) is 10.3 Å². The molecule has 0 amide bonds. The van der Waals surface area contributed by atoms with Gasteiger partial charge in [0.2, 0.25) is 0 Å². The molecule has 1 N–H and O–H groups in total. The molecule has 0 bridgehead atoms. The Morgan fingerprint density at radius 3 is 2.80 bits per heavy atom. The number of nitrogens with zero attached hydrogens (tertiary/aromatic N) is 2. The fraction of sp³-hybridized carbons (Fsp3) is 0.364. The molecule has 1 atom stereocenters. The number of benzene rings is 1. The Morgan fingerprint density at radius 1 is 1.50 bits per heavy atom. The molecule has 2 rings (SSSR count). The lowest BCUT2D eigenvalue weighted by atomic mass is 10.3. The van der Waals surface area contributed by atoms with Gasteiger partial charge in [-0.05, 0) is 13.0 Å². The summed E-state index contributed by atoms with van der Waals surface area (Å²) in [5.74, 6) is -0.0895. The molecule has 0 aliphatic heterocycles. The highest BCUT2D eigenvalue weighted by Crippen LogP contribution is 2.27. The third-order valence-electron chi connectivity index (χ3n) is 2.52. The van der Waals surface area contributed by atoms with Crippen LogP contribution in [0.4, 0.5) is 11.7 Å². The van der Waals surface area contributed by atoms with Crippen LogP contribution in [0, 0.1) is 10.1 Å². The van der Waals surface area contributed by atoms with E-state index in [0.717, 1.165) is 6.26 Å². The Kier molecular flexibility index (Phi) is 3.62. The molecule has 1 heterocycles. The van der Waals surface area contributed by atoms with Crippen molar-refractivity contribution in [2.45, 2.75) is 13.0 Å². The molecule has 1 aromatic carbocycles. The zero-order valence-corrected chi connectivity index (χ0v) is 11.7. The number of hydrogen-bond acceptors (Lipinski definition) is 7. The molecule has 0 aliphatic carbocycles. The lowest BCUT2D eigenvalue weighted by molar-refractivity contribution is -0.383. The van der Waals surface area contributed by atoms with Crippen LogP contribution in [0.25, 0.3) is 11.1 Å². The molecule has 2 aromatic rings. The number of nitro groups is 1. The Bertz CT molecular complexity index is 753. The van der Waals surface area contributed by atoms with Gasteiger partial charge in [-0.2, -0.15) is 4.98 Å². The minimum Gasteiger partial charge on any atom is -0.423 e. The van der Waals surface area contributed by atoms with Crippen LogP contribution in [0.15, 0.2) is 22.6 Å². The van der Waals surface area contributed by atoms with Crippen molar-refractivity contribution >= 4 is 32.6 Å². The molecule has 0 aliphatic rings. The average molecular weight is 299 g/mol. The van der Waals surface area contributed by atoms with E-state index in [1.807, 2.05) is 0 Å². The molecule has 1 aromatic heterocycles. The molecular formula is C11H13N3O5S. The maximum Gasteiger partial charge on any atom is 0.298 e. The van der Waals surface area contributed by atoms with E-state index in [4.69, 9.17) is 4.42 Å². The number of non-ortho nitro benzene ring substituents is 1. The summed E-state index contributed by atoms with van der Waals surface area (Å²) < 4.78 is 27.7. The molecule has 9 heteroatoms. The smallest absolute Gasteiger partial charge is 0.298 e. The predicted octanol–water partition coefficient (Wildman–Crippen LogP) is 1.58. The first kappa shape index (κ1) is 14.3. The first-order chi connectivity index (χ1) is 9.26. The summed E-state index contributed by atoms with van der Waals surface area (Å²) >= 11 is 0. The van der Waals surface area contributed by atoms with E-state index in [0.29, 0.717) is 0 Å². The van der Waals surface area contributed by atoms with Gasteiger partial charge in [-0.3, -0.25) is 10.1 Å². The number of sulfone groups is 1. The van der Waals surface area contributed by atoms with Crippen molar-refractivity contribution in [3.63, 3.8) is 0 Å². The van der Waals surface area contributed by atoms with Crippen molar-refractivity contribution in [2.24, 2.45) is 0 Å². The number of para-hydroxylation sites is 1. The van der Waals surface area contributed by atoms with Gasteiger partial charge in [0.25, 0.3) is 11.7 Å². The number of nitro benzene ring substituents is 1. The highest BCUT2D eigenvalue weighted by atomic mass is 32.2. The lowest BCUT2D eigenvalue weighted by Gasteiger charge is -2.09. The van der Waals surface area contributed by atoms with Crippen LogP contribution in [0.2, 0.25) is 0 Å². The van der Waals surface area contributed by atoms with Gasteiger partial charge in [0.05, 0.1) is 10.7 Å². The SMILES string of the molecule is CC(CS(C)(=O)=O)Nc1nc2c([N+](=O)[O-])cccc2o1. The van der Waals surface area contributed by atoms with Gasteiger partial charge in [0, 0.05) is 18.4 Å². The number of hydrogen-bond donors (Lipinski definition) is 1. The summed E-state index contributed by atoms with van der Waals surface area (Å²) in [5.41, 5.74) is 0.245. The van der Waals surface area contributed by atoms with E-state index >= 15 is 0 Å². The third-order valence-corrected chi connectivity index (χ3v) is 3.62. The zero-order valence-electron chi connectivity index (χ0n) is 10.9. The summed E-state index contributed by atoms with van der Waals surface area (Å²) in [5, 5.41) is 13.6. The predicted molar refractivity (Wildman–Crippen MR) is 73.5 cm³/mol. The maximum atomic E-state index is 11.2. The van der Waals surface area contributed by atoms with Crippen LogP contribution >= 0.6 is 0 Å². The fourth-order valence-electron chi connectivity index (χ4n) is 1.85. The summed E-state index contributed by atoms with van der Waals surface area (Å²) in [4.78, 5) is 14.3. The van der Waals surface area contributed by atoms with E-state index in [9.17, 15) is 18.5 Å². The van der Waals surface area contributed by atoms with E-state index in [1.54, 1.807) is 13.0 Å². The third kappa shape index (κ3) is 3.23. The number of fused-ring (bicyclic) bond motifs is 1. The van der Waals surface area contributed by atoms with Gasteiger partial charge >= 0.3 is 0 Å². The van der Waals surface area contributed by atoms with Crippen molar-refractivity contribution in [1.82, 2.24) is 4.98 Å². The number of oxazole rings is 1. The molecule has 0 spiro atoms. The summed E-state index contributed by atoms with van der Waals surface area (Å²) in [6.07, 6.45) is 1.13. The number of anilines is 1. The van der Waals surface area contributed by atoms with Crippen LogP contribution in [-0.4, -0.2) is 36.4 Å². The topological polar surface area (TPSA) is 115 Å². The highest BCUT2D eigenvalue weighted by molar-refractivity contribution is 7.90. The number of nitrogens with one attached hydrogen (secondary N) is 1. The van der Waals surface area contributed by atoms with E-state index < -0.39 is 20.8 Å². The Labute approximate surface area is 114 Å². The van der Waals surface area contributed by atoms with Crippen LogP contribution < -0.4 is 5.32 Å². The second kappa shape index (κ2) is 5.08. The van der Waals surface area contributed by atoms with Crippen molar-refractivity contribution in [3.8, 4) is 0 Å². The Balaban J connectivity index is 2.29. The molecular weight excluding hydrogens is 286 g/mol. The van der Waals surface area contributed by atoms with Gasteiger partial charge in [-0.15, -0.1) is 0 Å². The van der Waals surface area contributed by atoms with Crippen molar-refractivity contribution < 1.29 is 17.8 Å². The molecule has 0 radical (unpaired) electrons. The maximum absolute atomic E-state index is 11.2. The highest BCUT2D eigenvalue weighted by Gasteiger charge is 2.19. The van der Waals surface area contributed by atoms with Crippen molar-refractivity contribution in [1.29, 1.82) is 0 Å². The second-order valence-electron chi connectivity index (χ2n) is 4.54. The van der Waals surface area contributed by atoms with E-state index in [1.165, 1.54) is 12.1 Å². The van der Waals surface area contributed by atoms with Gasteiger partial charge in [-0.25, -0.2) is 8.42 Å². The molecule has 0 fully saturated rings. The van der Waals surface area contributed by atoms with Gasteiger partial charge in [0.15, 0.2) is 11.1 Å². The van der Waals surface area contributed by atoms with Crippen molar-refractivity contribution in [2.75, 3.05) is 17.3 Å². The molecule has 0 saturated heterocycles. The normalized spacial score (nSPS) is 13.3. The number of rotatable bonds is 5. The quantitative estimate of drug-likeness (QED) is 0.658.